The Balaban J connectivity index is 1.91. The first kappa shape index (κ1) is 15.9. The van der Waals surface area contributed by atoms with Gasteiger partial charge in [-0.05, 0) is 30.4 Å². The lowest BCUT2D eigenvalue weighted by atomic mass is 10.2. The number of methoxy groups -OCH3 is 2. The predicted octanol–water partition coefficient (Wildman–Crippen LogP) is 4.39. The number of fused-ring (bicyclic) bond motifs is 1. The lowest BCUT2D eigenvalue weighted by Gasteiger charge is -2.06. The largest absolute Gasteiger partial charge is 0.497 e. The van der Waals surface area contributed by atoms with Crippen LogP contribution in [-0.4, -0.2) is 24.1 Å². The molecule has 122 valence electrons. The van der Waals surface area contributed by atoms with Gasteiger partial charge < -0.3 is 9.47 Å². The van der Waals surface area contributed by atoms with Crippen LogP contribution in [0.25, 0.3) is 22.4 Å². The van der Waals surface area contributed by atoms with Gasteiger partial charge in [-0.1, -0.05) is 0 Å². The molecule has 0 radical (unpaired) electrons. The fourth-order valence-corrected chi connectivity index (χ4v) is 3.09. The Hall–Kier alpha value is -2.93. The van der Waals surface area contributed by atoms with Crippen LogP contribution in [0.4, 0.5) is 5.69 Å². The van der Waals surface area contributed by atoms with Crippen LogP contribution < -0.4 is 9.47 Å². The van der Waals surface area contributed by atoms with Crippen LogP contribution in [0.5, 0.6) is 11.5 Å². The number of nitro groups is 1. The van der Waals surface area contributed by atoms with Crippen LogP contribution in [0.2, 0.25) is 0 Å². The monoisotopic (exact) mass is 342 g/mol. The van der Waals surface area contributed by atoms with E-state index in [-0.39, 0.29) is 5.69 Å². The maximum Gasteiger partial charge on any atom is 0.271 e. The zero-order valence-electron chi connectivity index (χ0n) is 13.1. The smallest absolute Gasteiger partial charge is 0.271 e. The maximum atomic E-state index is 10.8. The van der Waals surface area contributed by atoms with Crippen LogP contribution in [0, 0.1) is 10.1 Å². The molecule has 0 saturated heterocycles. The van der Waals surface area contributed by atoms with E-state index in [4.69, 9.17) is 9.47 Å². The first-order valence-electron chi connectivity index (χ1n) is 7.06. The molecule has 0 amide bonds. The molecule has 0 unspecified atom stereocenters. The molecule has 1 heterocycles. The topological polar surface area (TPSA) is 74.5 Å². The average molecular weight is 342 g/mol. The van der Waals surface area contributed by atoms with Gasteiger partial charge in [0, 0.05) is 23.8 Å². The van der Waals surface area contributed by atoms with E-state index in [1.807, 2.05) is 24.3 Å². The summed E-state index contributed by atoms with van der Waals surface area (Å²) in [6, 6.07) is 10.2. The molecule has 0 aliphatic heterocycles. The molecule has 7 heteroatoms. The molecule has 0 aliphatic rings. The van der Waals surface area contributed by atoms with E-state index < -0.39 is 4.92 Å². The minimum Gasteiger partial charge on any atom is -0.497 e. The lowest BCUT2D eigenvalue weighted by Crippen LogP contribution is -1.89. The van der Waals surface area contributed by atoms with E-state index in [1.54, 1.807) is 26.4 Å². The number of hydrogen-bond acceptors (Lipinski definition) is 6. The van der Waals surface area contributed by atoms with Crippen molar-refractivity contribution in [1.29, 1.82) is 0 Å². The summed E-state index contributed by atoms with van der Waals surface area (Å²) in [4.78, 5) is 14.8. The molecule has 2 aromatic carbocycles. The lowest BCUT2D eigenvalue weighted by molar-refractivity contribution is -0.384. The predicted molar refractivity (Wildman–Crippen MR) is 94.7 cm³/mol. The molecule has 3 rings (SSSR count). The summed E-state index contributed by atoms with van der Waals surface area (Å²) >= 11 is 1.47. The van der Waals surface area contributed by atoms with Gasteiger partial charge >= 0.3 is 0 Å². The standard InChI is InChI=1S/C17H14N2O4S/c1-22-13-6-3-11(15(10-13)23-2)4-8-17-18-14-9-12(19(20)21)5-7-16(14)24-17/h3-10H,1-2H3/b8-4+. The summed E-state index contributed by atoms with van der Waals surface area (Å²) < 4.78 is 11.4. The first-order valence-corrected chi connectivity index (χ1v) is 7.87. The van der Waals surface area contributed by atoms with Crippen molar-refractivity contribution in [2.75, 3.05) is 14.2 Å². The molecule has 0 bridgehead atoms. The number of rotatable bonds is 5. The third-order valence-electron chi connectivity index (χ3n) is 3.44. The molecule has 0 aliphatic carbocycles. The van der Waals surface area contributed by atoms with Crippen LogP contribution >= 0.6 is 11.3 Å². The van der Waals surface area contributed by atoms with Crippen LogP contribution in [-0.2, 0) is 0 Å². The number of aromatic nitrogens is 1. The minimum atomic E-state index is -0.420. The van der Waals surface area contributed by atoms with Crippen molar-refractivity contribution in [3.05, 3.63) is 57.1 Å². The van der Waals surface area contributed by atoms with E-state index in [2.05, 4.69) is 4.98 Å². The second kappa shape index (κ2) is 6.67. The molecular weight excluding hydrogens is 328 g/mol. The van der Waals surface area contributed by atoms with Crippen LogP contribution in [0.1, 0.15) is 10.6 Å². The number of non-ortho nitro benzene ring substituents is 1. The molecule has 0 fully saturated rings. The normalized spacial score (nSPS) is 11.1. The number of thiazole rings is 1. The molecular formula is C17H14N2O4S. The van der Waals surface area contributed by atoms with E-state index in [0.717, 1.165) is 21.0 Å². The Morgan fingerprint density at radius 2 is 1.96 bits per heavy atom. The fourth-order valence-electron chi connectivity index (χ4n) is 2.24. The van der Waals surface area contributed by atoms with Gasteiger partial charge in [0.25, 0.3) is 5.69 Å². The SMILES string of the molecule is COc1ccc(/C=C/c2nc3cc([N+](=O)[O-])ccc3s2)c(OC)c1. The van der Waals surface area contributed by atoms with Gasteiger partial charge in [-0.15, -0.1) is 11.3 Å². The van der Waals surface area contributed by atoms with Crippen molar-refractivity contribution in [2.24, 2.45) is 0 Å². The zero-order valence-corrected chi connectivity index (χ0v) is 13.9. The Kier molecular flexibility index (Phi) is 4.43. The minimum absolute atomic E-state index is 0.0418. The highest BCUT2D eigenvalue weighted by molar-refractivity contribution is 7.19. The zero-order chi connectivity index (χ0) is 17.1. The van der Waals surface area contributed by atoms with Crippen molar-refractivity contribution in [1.82, 2.24) is 4.98 Å². The number of nitro benzene ring substituents is 1. The molecule has 0 saturated carbocycles. The number of ether oxygens (including phenoxy) is 2. The molecule has 0 spiro atoms. The molecule has 0 atom stereocenters. The average Bonchev–Trinajstić information content (AvgIpc) is 3.01. The van der Waals surface area contributed by atoms with E-state index in [0.29, 0.717) is 11.3 Å². The summed E-state index contributed by atoms with van der Waals surface area (Å²) in [5.74, 6) is 1.42. The number of benzene rings is 2. The van der Waals surface area contributed by atoms with Gasteiger partial charge in [0.15, 0.2) is 0 Å². The Morgan fingerprint density at radius 3 is 2.67 bits per heavy atom. The summed E-state index contributed by atoms with van der Waals surface area (Å²) in [7, 11) is 3.20. The summed E-state index contributed by atoms with van der Waals surface area (Å²) in [5, 5.41) is 11.6. The van der Waals surface area contributed by atoms with Gasteiger partial charge in [-0.25, -0.2) is 4.98 Å². The van der Waals surface area contributed by atoms with Gasteiger partial charge in [0.2, 0.25) is 0 Å². The number of hydrogen-bond donors (Lipinski definition) is 0. The third kappa shape index (κ3) is 3.21. The highest BCUT2D eigenvalue weighted by Gasteiger charge is 2.09. The van der Waals surface area contributed by atoms with E-state index >= 15 is 0 Å². The second-order valence-corrected chi connectivity index (χ2v) is 5.96. The molecule has 1 aromatic heterocycles. The van der Waals surface area contributed by atoms with Crippen LogP contribution in [0.3, 0.4) is 0 Å². The number of nitrogens with zero attached hydrogens (tertiary/aromatic N) is 2. The van der Waals surface area contributed by atoms with E-state index in [1.165, 1.54) is 23.5 Å². The Morgan fingerprint density at radius 1 is 1.12 bits per heavy atom. The summed E-state index contributed by atoms with van der Waals surface area (Å²) in [5.41, 5.74) is 1.55. The first-order chi connectivity index (χ1) is 11.6. The van der Waals surface area contributed by atoms with Crippen molar-refractivity contribution in [3.8, 4) is 11.5 Å². The fraction of sp³-hybridized carbons (Fsp3) is 0.118. The van der Waals surface area contributed by atoms with Crippen molar-refractivity contribution in [3.63, 3.8) is 0 Å². The molecule has 0 N–H and O–H groups in total. The third-order valence-corrected chi connectivity index (χ3v) is 4.45. The van der Waals surface area contributed by atoms with Gasteiger partial charge in [0.05, 0.1) is 29.4 Å². The summed E-state index contributed by atoms with van der Waals surface area (Å²) in [6.07, 6.45) is 3.76. The highest BCUT2D eigenvalue weighted by atomic mass is 32.1. The van der Waals surface area contributed by atoms with Gasteiger partial charge in [-0.2, -0.15) is 0 Å². The van der Waals surface area contributed by atoms with Gasteiger partial charge in [0.1, 0.15) is 16.5 Å². The molecule has 3 aromatic rings. The quantitative estimate of drug-likeness (QED) is 0.508. The second-order valence-electron chi connectivity index (χ2n) is 4.90. The highest BCUT2D eigenvalue weighted by Crippen LogP contribution is 2.29. The van der Waals surface area contributed by atoms with Crippen molar-refractivity contribution < 1.29 is 14.4 Å². The molecule has 24 heavy (non-hydrogen) atoms. The van der Waals surface area contributed by atoms with Crippen LogP contribution in [0.15, 0.2) is 36.4 Å². The maximum absolute atomic E-state index is 10.8. The van der Waals surface area contributed by atoms with Crippen molar-refractivity contribution >= 4 is 39.4 Å². The van der Waals surface area contributed by atoms with Crippen molar-refractivity contribution in [2.45, 2.75) is 0 Å². The molecule has 6 nitrogen and oxygen atoms in total. The Labute approximate surface area is 142 Å². The van der Waals surface area contributed by atoms with Gasteiger partial charge in [-0.3, -0.25) is 10.1 Å². The Bertz CT molecular complexity index is 933. The summed E-state index contributed by atoms with van der Waals surface area (Å²) in [6.45, 7) is 0. The van der Waals surface area contributed by atoms with E-state index in [9.17, 15) is 10.1 Å².